The zero-order chi connectivity index (χ0) is 52.4. The number of aliphatic hydroxyl groups is 2. The third-order valence-corrected chi connectivity index (χ3v) is 11.3. The number of hydrogen-bond donors (Lipinski definition) is 15. The number of carboxylic acids is 2. The number of amides is 8. The van der Waals surface area contributed by atoms with Crippen LogP contribution >= 0.6 is 11.8 Å². The number of likely N-dealkylation sites (tertiary alicyclic amines) is 1. The lowest BCUT2D eigenvalue weighted by atomic mass is 10.0. The van der Waals surface area contributed by atoms with Gasteiger partial charge in [0.15, 0.2) is 5.96 Å². The van der Waals surface area contributed by atoms with Crippen molar-refractivity contribution in [3.63, 3.8) is 0 Å². The lowest BCUT2D eigenvalue weighted by molar-refractivity contribution is -0.144. The first-order valence-electron chi connectivity index (χ1n) is 22.6. The molecule has 9 atom stereocenters. The summed E-state index contributed by atoms with van der Waals surface area (Å²) in [6.07, 6.45) is 2.80. The van der Waals surface area contributed by atoms with E-state index >= 15 is 0 Å². The molecule has 0 bridgehead atoms. The van der Waals surface area contributed by atoms with Crippen molar-refractivity contribution in [2.24, 2.45) is 33.8 Å². The largest absolute Gasteiger partial charge is 0.481 e. The van der Waals surface area contributed by atoms with Gasteiger partial charge in [-0.25, -0.2) is 4.79 Å². The van der Waals surface area contributed by atoms with Gasteiger partial charge in [-0.3, -0.25) is 48.1 Å². The van der Waals surface area contributed by atoms with E-state index in [-0.39, 0.29) is 62.9 Å². The van der Waals surface area contributed by atoms with Crippen molar-refractivity contribution in [2.75, 3.05) is 44.9 Å². The van der Waals surface area contributed by atoms with Gasteiger partial charge >= 0.3 is 11.9 Å². The van der Waals surface area contributed by atoms with Gasteiger partial charge in [-0.1, -0.05) is 13.8 Å². The Bertz CT molecular complexity index is 1790. The van der Waals surface area contributed by atoms with Crippen LogP contribution < -0.4 is 60.2 Å². The van der Waals surface area contributed by atoms with Gasteiger partial charge in [0.2, 0.25) is 47.3 Å². The maximum Gasteiger partial charge on any atom is 0.326 e. The lowest BCUT2D eigenvalue weighted by Crippen LogP contribution is -2.61. The van der Waals surface area contributed by atoms with Gasteiger partial charge in [0.1, 0.15) is 48.3 Å². The van der Waals surface area contributed by atoms with Crippen molar-refractivity contribution in [3.8, 4) is 0 Å². The molecule has 0 aromatic rings. The minimum Gasteiger partial charge on any atom is -0.481 e. The average Bonchev–Trinajstić information content (AvgIpc) is 3.78. The third-order valence-electron chi connectivity index (χ3n) is 10.7. The molecule has 0 spiro atoms. The van der Waals surface area contributed by atoms with Crippen LogP contribution in [0.5, 0.6) is 0 Å². The smallest absolute Gasteiger partial charge is 0.326 e. The molecule has 1 aliphatic heterocycles. The van der Waals surface area contributed by atoms with E-state index < -0.39 is 133 Å². The van der Waals surface area contributed by atoms with E-state index in [1.807, 2.05) is 0 Å². The molecule has 0 unspecified atom stereocenters. The molecule has 1 rings (SSSR count). The summed E-state index contributed by atoms with van der Waals surface area (Å²) in [7, 11) is 0. The van der Waals surface area contributed by atoms with E-state index in [2.05, 4.69) is 42.2 Å². The Hall–Kier alpha value is -5.84. The fourth-order valence-corrected chi connectivity index (χ4v) is 7.39. The maximum atomic E-state index is 13.7. The van der Waals surface area contributed by atoms with Crippen LogP contribution in [0, 0.1) is 5.92 Å². The monoisotopic (exact) mass is 1000 g/mol. The van der Waals surface area contributed by atoms with Crippen LogP contribution in [0.2, 0.25) is 0 Å². The average molecular weight is 1000 g/mol. The van der Waals surface area contributed by atoms with E-state index in [0.717, 1.165) is 0 Å². The summed E-state index contributed by atoms with van der Waals surface area (Å²) in [6, 6.07) is -12.6. The molecule has 1 aliphatic rings. The molecule has 392 valence electrons. The zero-order valence-electron chi connectivity index (χ0n) is 39.6. The summed E-state index contributed by atoms with van der Waals surface area (Å²) in [5.41, 5.74) is 22.4. The Kier molecular flexibility index (Phi) is 28.4. The Morgan fingerprint density at radius 2 is 1.19 bits per heavy atom. The molecule has 0 aromatic heterocycles. The molecule has 0 saturated carbocycles. The molecule has 0 aliphatic carbocycles. The predicted molar refractivity (Wildman–Crippen MR) is 251 cm³/mol. The number of nitrogens with zero attached hydrogens (tertiary/aromatic N) is 2. The number of unbranched alkanes of at least 4 members (excludes halogenated alkanes) is 1. The number of carbonyl (C=O) groups excluding carboxylic acids is 8. The predicted octanol–water partition coefficient (Wildman–Crippen LogP) is -5.76. The van der Waals surface area contributed by atoms with Crippen LogP contribution in [0.4, 0.5) is 0 Å². The fourth-order valence-electron chi connectivity index (χ4n) is 6.92. The van der Waals surface area contributed by atoms with Crippen LogP contribution in [0.3, 0.4) is 0 Å². The Balaban J connectivity index is 3.13. The van der Waals surface area contributed by atoms with Crippen molar-refractivity contribution in [1.82, 2.24) is 42.1 Å². The summed E-state index contributed by atoms with van der Waals surface area (Å²) in [5.74, 6) is -10.3. The molecule has 69 heavy (non-hydrogen) atoms. The minimum atomic E-state index is -1.88. The van der Waals surface area contributed by atoms with Crippen LogP contribution in [0.15, 0.2) is 4.99 Å². The van der Waals surface area contributed by atoms with E-state index in [9.17, 15) is 68.4 Å². The lowest BCUT2D eigenvalue weighted by Gasteiger charge is -2.28. The highest BCUT2D eigenvalue weighted by molar-refractivity contribution is 7.98. The highest BCUT2D eigenvalue weighted by Gasteiger charge is 2.38. The Labute approximate surface area is 404 Å². The number of guanidine groups is 1. The molecule has 28 heteroatoms. The van der Waals surface area contributed by atoms with Gasteiger partial charge in [-0.05, 0) is 89.2 Å². The Morgan fingerprint density at radius 3 is 1.70 bits per heavy atom. The molecule has 19 N–H and O–H groups in total. The molecule has 0 radical (unpaired) electrons. The van der Waals surface area contributed by atoms with Crippen molar-refractivity contribution in [2.45, 2.75) is 139 Å². The van der Waals surface area contributed by atoms with Gasteiger partial charge in [-0.2, -0.15) is 11.8 Å². The molecular formula is C41H73N13O14S. The molecule has 1 heterocycles. The number of thioether (sulfide) groups is 1. The molecule has 1 fully saturated rings. The second kappa shape index (κ2) is 32.1. The summed E-state index contributed by atoms with van der Waals surface area (Å²) < 4.78 is 0. The highest BCUT2D eigenvalue weighted by atomic mass is 32.2. The van der Waals surface area contributed by atoms with Gasteiger partial charge in [0.05, 0.1) is 25.7 Å². The van der Waals surface area contributed by atoms with Crippen molar-refractivity contribution < 1.29 is 68.4 Å². The Morgan fingerprint density at radius 1 is 0.681 bits per heavy atom. The summed E-state index contributed by atoms with van der Waals surface area (Å²) in [5, 5.41) is 55.5. The van der Waals surface area contributed by atoms with Crippen molar-refractivity contribution in [1.29, 1.82) is 0 Å². The molecule has 27 nitrogen and oxygen atoms in total. The quantitative estimate of drug-likeness (QED) is 0.0165. The van der Waals surface area contributed by atoms with Gasteiger partial charge in [0.25, 0.3) is 0 Å². The van der Waals surface area contributed by atoms with E-state index in [1.165, 1.54) is 23.6 Å². The van der Waals surface area contributed by atoms with E-state index in [1.54, 1.807) is 20.1 Å². The van der Waals surface area contributed by atoms with Crippen LogP contribution in [-0.4, -0.2) is 190 Å². The van der Waals surface area contributed by atoms with Crippen molar-refractivity contribution in [3.05, 3.63) is 0 Å². The standard InChI is InChI=1S/C41H73N13O14S/c1-21(2)17-27(40(67)68)51-37(64)29(20-56)53-35(62)26(18-31(57)58)50-34(61)25(12-16-69-4)49-36(63)28(19-55)52-33(60)24(10-5-6-13-42)48-32(59)22(3)47-38(65)30-11-8-15-54(30)39(66)23(43)9-7-14-46-41(44)45/h21-30,55-56H,5-20,42-43H2,1-4H3,(H,47,65)(H,48,59)(H,49,63)(H,50,61)(H,51,64)(H,52,60)(H,53,62)(H,57,58)(H,67,68)(H4,44,45,46)/t22-,23-,24-,25-,26-,27-,28-,29-,30-/m0/s1. The van der Waals surface area contributed by atoms with Crippen molar-refractivity contribution >= 4 is 76.9 Å². The summed E-state index contributed by atoms with van der Waals surface area (Å²) >= 11 is 1.25. The number of rotatable bonds is 33. The number of carbonyl (C=O) groups is 10. The van der Waals surface area contributed by atoms with Crippen LogP contribution in [0.25, 0.3) is 0 Å². The number of hydrogen-bond acceptors (Lipinski definition) is 16. The molecule has 1 saturated heterocycles. The maximum absolute atomic E-state index is 13.7. The molecule has 8 amide bonds. The first-order chi connectivity index (χ1) is 32.5. The van der Waals surface area contributed by atoms with E-state index in [0.29, 0.717) is 32.1 Å². The normalized spacial score (nSPS) is 16.8. The molecular weight excluding hydrogens is 931 g/mol. The summed E-state index contributed by atoms with van der Waals surface area (Å²) in [4.78, 5) is 135. The number of carboxylic acid groups (broad SMARTS) is 2. The van der Waals surface area contributed by atoms with Gasteiger partial charge in [0, 0.05) is 13.1 Å². The number of aliphatic imine (C=N–C) groups is 1. The fraction of sp³-hybridized carbons (Fsp3) is 0.732. The number of aliphatic carboxylic acids is 2. The third kappa shape index (κ3) is 22.4. The van der Waals surface area contributed by atoms with Crippen LogP contribution in [-0.2, 0) is 47.9 Å². The SMILES string of the molecule is CSCC[C@H](NC(=O)[C@H](CO)NC(=O)[C@H](CCCCN)NC(=O)[C@H](C)NC(=O)[C@@H]1CCCN1C(=O)[C@@H](N)CCCN=C(N)N)C(=O)N[C@@H](CC(=O)O)C(=O)N[C@@H](CO)C(=O)N[C@@H](CC(C)C)C(=O)O. The topological polar surface area (TPSA) is 456 Å². The second-order valence-electron chi connectivity index (χ2n) is 16.8. The minimum absolute atomic E-state index is 0.00382. The first kappa shape index (κ1) is 61.2. The van der Waals surface area contributed by atoms with Gasteiger partial charge in [-0.15, -0.1) is 0 Å². The zero-order valence-corrected chi connectivity index (χ0v) is 40.4. The highest BCUT2D eigenvalue weighted by Crippen LogP contribution is 2.19. The van der Waals surface area contributed by atoms with Gasteiger partial charge < -0.3 is 85.5 Å². The second-order valence-corrected chi connectivity index (χ2v) is 17.8. The number of nitrogens with one attached hydrogen (secondary N) is 7. The molecule has 0 aromatic carbocycles. The summed E-state index contributed by atoms with van der Waals surface area (Å²) in [6.45, 7) is 3.50. The van der Waals surface area contributed by atoms with E-state index in [4.69, 9.17) is 22.9 Å². The van der Waals surface area contributed by atoms with Crippen LogP contribution in [0.1, 0.15) is 85.0 Å². The number of aliphatic hydroxyl groups excluding tert-OH is 2. The first-order valence-corrected chi connectivity index (χ1v) is 24.0. The number of nitrogens with two attached hydrogens (primary N) is 4.